The topological polar surface area (TPSA) is 28.7 Å². The number of hydrogen-bond donors (Lipinski definition) is 1. The second-order valence-corrected chi connectivity index (χ2v) is 3.83. The summed E-state index contributed by atoms with van der Waals surface area (Å²) in [6.45, 7) is 2.10. The van der Waals surface area contributed by atoms with Crippen LogP contribution in [0.3, 0.4) is 0 Å². The van der Waals surface area contributed by atoms with Gasteiger partial charge in [-0.1, -0.05) is 27.6 Å². The number of aromatic nitrogens is 2. The predicted molar refractivity (Wildman–Crippen MR) is 63.5 cm³/mol. The lowest BCUT2D eigenvalue weighted by molar-refractivity contribution is 1.32. The number of halogens is 1. The molecule has 0 atom stereocenters. The number of pyridine rings is 1. The maximum atomic E-state index is 4.24. The van der Waals surface area contributed by atoms with Crippen LogP contribution in [0.5, 0.6) is 0 Å². The number of aromatic amines is 1. The first kappa shape index (κ1) is 9.46. The van der Waals surface area contributed by atoms with Crippen molar-refractivity contribution in [1.29, 1.82) is 0 Å². The van der Waals surface area contributed by atoms with E-state index in [1.54, 1.807) is 6.20 Å². The molecule has 72 valence electrons. The van der Waals surface area contributed by atoms with Crippen LogP contribution in [0.25, 0.3) is 17.1 Å². The highest BCUT2D eigenvalue weighted by atomic mass is 79.9. The summed E-state index contributed by atoms with van der Waals surface area (Å²) in [5.41, 5.74) is 3.45. The van der Waals surface area contributed by atoms with E-state index in [2.05, 4.69) is 45.0 Å². The zero-order valence-electron chi connectivity index (χ0n) is 7.92. The van der Waals surface area contributed by atoms with Gasteiger partial charge in [-0.3, -0.25) is 0 Å². The third kappa shape index (κ3) is 1.73. The van der Waals surface area contributed by atoms with Crippen molar-refractivity contribution in [2.24, 2.45) is 0 Å². The monoisotopic (exact) mass is 250 g/mol. The molecule has 14 heavy (non-hydrogen) atoms. The summed E-state index contributed by atoms with van der Waals surface area (Å²) in [5, 5.41) is 2.08. The molecular weight excluding hydrogens is 240 g/mol. The van der Waals surface area contributed by atoms with Crippen LogP contribution < -0.4 is 0 Å². The summed E-state index contributed by atoms with van der Waals surface area (Å²) >= 11 is 3.43. The lowest BCUT2D eigenvalue weighted by Gasteiger charge is -1.93. The highest BCUT2D eigenvalue weighted by Crippen LogP contribution is 2.18. The Labute approximate surface area is 91.2 Å². The van der Waals surface area contributed by atoms with Crippen molar-refractivity contribution in [1.82, 2.24) is 9.97 Å². The second-order valence-electron chi connectivity index (χ2n) is 3.27. The molecule has 0 aromatic carbocycles. The summed E-state index contributed by atoms with van der Waals surface area (Å²) in [6, 6.07) is 4.03. The number of allylic oxidation sites excluding steroid dienone is 1. The number of fused-ring (bicyclic) bond motifs is 1. The average Bonchev–Trinajstić information content (AvgIpc) is 2.62. The molecule has 1 N–H and O–H groups in total. The Kier molecular flexibility index (Phi) is 2.68. The third-order valence-corrected chi connectivity index (χ3v) is 2.98. The summed E-state index contributed by atoms with van der Waals surface area (Å²) in [7, 11) is 0. The molecule has 0 unspecified atom stereocenters. The highest BCUT2D eigenvalue weighted by molar-refractivity contribution is 9.09. The molecule has 2 heterocycles. The van der Waals surface area contributed by atoms with E-state index in [-0.39, 0.29) is 0 Å². The quantitative estimate of drug-likeness (QED) is 0.814. The van der Waals surface area contributed by atoms with Gasteiger partial charge in [0.2, 0.25) is 0 Å². The molecule has 0 radical (unpaired) electrons. The maximum Gasteiger partial charge on any atom is 0.137 e. The number of H-pyrrole nitrogens is 1. The normalized spacial score (nSPS) is 12.3. The molecule has 3 heteroatoms. The number of nitrogens with zero attached hydrogens (tertiary/aromatic N) is 1. The van der Waals surface area contributed by atoms with Gasteiger partial charge < -0.3 is 4.98 Å². The summed E-state index contributed by atoms with van der Waals surface area (Å²) in [5.74, 6) is 0. The van der Waals surface area contributed by atoms with E-state index in [4.69, 9.17) is 0 Å². The van der Waals surface area contributed by atoms with Crippen molar-refractivity contribution in [3.05, 3.63) is 35.7 Å². The molecule has 2 aromatic rings. The molecule has 0 bridgehead atoms. The SMILES string of the molecule is CC(=Cc1c[nH]c2ncccc12)CBr. The minimum Gasteiger partial charge on any atom is -0.346 e. The molecule has 0 amide bonds. The predicted octanol–water partition coefficient (Wildman–Crippen LogP) is 3.36. The number of rotatable bonds is 2. The third-order valence-electron chi connectivity index (χ3n) is 2.10. The van der Waals surface area contributed by atoms with Crippen LogP contribution in [-0.2, 0) is 0 Å². The zero-order chi connectivity index (χ0) is 9.97. The van der Waals surface area contributed by atoms with Crippen molar-refractivity contribution in [2.75, 3.05) is 5.33 Å². The van der Waals surface area contributed by atoms with Crippen LogP contribution in [0.15, 0.2) is 30.1 Å². The van der Waals surface area contributed by atoms with Crippen molar-refractivity contribution >= 4 is 33.0 Å². The van der Waals surface area contributed by atoms with E-state index in [1.165, 1.54) is 16.5 Å². The first-order valence-electron chi connectivity index (χ1n) is 4.46. The molecule has 0 saturated heterocycles. The first-order chi connectivity index (χ1) is 6.81. The van der Waals surface area contributed by atoms with E-state index in [9.17, 15) is 0 Å². The lowest BCUT2D eigenvalue weighted by Crippen LogP contribution is -1.76. The van der Waals surface area contributed by atoms with Gasteiger partial charge in [0, 0.05) is 28.7 Å². The van der Waals surface area contributed by atoms with Gasteiger partial charge in [0.25, 0.3) is 0 Å². The Morgan fingerprint density at radius 1 is 1.64 bits per heavy atom. The van der Waals surface area contributed by atoms with Crippen LogP contribution >= 0.6 is 15.9 Å². The first-order valence-corrected chi connectivity index (χ1v) is 5.58. The van der Waals surface area contributed by atoms with E-state index in [0.29, 0.717) is 0 Å². The summed E-state index contributed by atoms with van der Waals surface area (Å²) < 4.78 is 0. The molecule has 0 spiro atoms. The van der Waals surface area contributed by atoms with Gasteiger partial charge in [-0.05, 0) is 19.1 Å². The Hall–Kier alpha value is -1.09. The molecule has 2 aromatic heterocycles. The second kappa shape index (κ2) is 3.96. The van der Waals surface area contributed by atoms with E-state index in [1.807, 2.05) is 12.3 Å². The molecule has 0 saturated carbocycles. The largest absolute Gasteiger partial charge is 0.346 e. The molecule has 2 nitrogen and oxygen atoms in total. The number of nitrogens with one attached hydrogen (secondary N) is 1. The molecule has 0 aliphatic carbocycles. The van der Waals surface area contributed by atoms with Crippen LogP contribution in [0.2, 0.25) is 0 Å². The van der Waals surface area contributed by atoms with Gasteiger partial charge in [-0.2, -0.15) is 0 Å². The molecular formula is C11H11BrN2. The summed E-state index contributed by atoms with van der Waals surface area (Å²) in [6.07, 6.45) is 5.95. The van der Waals surface area contributed by atoms with Crippen LogP contribution in [-0.4, -0.2) is 15.3 Å². The smallest absolute Gasteiger partial charge is 0.137 e. The summed E-state index contributed by atoms with van der Waals surface area (Å²) in [4.78, 5) is 7.39. The van der Waals surface area contributed by atoms with Gasteiger partial charge in [0.1, 0.15) is 5.65 Å². The Bertz CT molecular complexity index is 471. The standard InChI is InChI=1S/C11H11BrN2/c1-8(6-12)5-9-7-14-11-10(9)3-2-4-13-11/h2-5,7H,6H2,1H3,(H,13,14). The number of hydrogen-bond acceptors (Lipinski definition) is 1. The van der Waals surface area contributed by atoms with Gasteiger partial charge in [0.15, 0.2) is 0 Å². The molecule has 0 fully saturated rings. The highest BCUT2D eigenvalue weighted by Gasteiger charge is 2.00. The maximum absolute atomic E-state index is 4.24. The van der Waals surface area contributed by atoms with Crippen LogP contribution in [0.4, 0.5) is 0 Å². The van der Waals surface area contributed by atoms with Crippen molar-refractivity contribution in [3.63, 3.8) is 0 Å². The van der Waals surface area contributed by atoms with Crippen molar-refractivity contribution in [2.45, 2.75) is 6.92 Å². The zero-order valence-corrected chi connectivity index (χ0v) is 9.51. The molecule has 0 aliphatic heterocycles. The van der Waals surface area contributed by atoms with Gasteiger partial charge in [-0.25, -0.2) is 4.98 Å². The van der Waals surface area contributed by atoms with E-state index >= 15 is 0 Å². The van der Waals surface area contributed by atoms with Crippen LogP contribution in [0, 0.1) is 0 Å². The van der Waals surface area contributed by atoms with Crippen molar-refractivity contribution < 1.29 is 0 Å². The Morgan fingerprint density at radius 2 is 2.50 bits per heavy atom. The molecule has 2 rings (SSSR count). The van der Waals surface area contributed by atoms with E-state index < -0.39 is 0 Å². The Balaban J connectivity index is 2.53. The average molecular weight is 251 g/mol. The fraction of sp³-hybridized carbons (Fsp3) is 0.182. The lowest BCUT2D eigenvalue weighted by atomic mass is 10.1. The fourth-order valence-electron chi connectivity index (χ4n) is 1.40. The van der Waals surface area contributed by atoms with Gasteiger partial charge in [-0.15, -0.1) is 0 Å². The Morgan fingerprint density at radius 3 is 3.29 bits per heavy atom. The molecule has 0 aliphatic rings. The van der Waals surface area contributed by atoms with Crippen LogP contribution in [0.1, 0.15) is 12.5 Å². The number of alkyl halides is 1. The fourth-order valence-corrected chi connectivity index (χ4v) is 1.56. The minimum atomic E-state index is 0.903. The minimum absolute atomic E-state index is 0.903. The van der Waals surface area contributed by atoms with Gasteiger partial charge >= 0.3 is 0 Å². The van der Waals surface area contributed by atoms with Gasteiger partial charge in [0.05, 0.1) is 0 Å². The van der Waals surface area contributed by atoms with E-state index in [0.717, 1.165) is 11.0 Å². The van der Waals surface area contributed by atoms with Crippen molar-refractivity contribution in [3.8, 4) is 0 Å².